The lowest BCUT2D eigenvalue weighted by atomic mass is 10.0. The van der Waals surface area contributed by atoms with E-state index in [4.69, 9.17) is 5.11 Å². The highest BCUT2D eigenvalue weighted by atomic mass is 19.4. The first-order valence-electron chi connectivity index (χ1n) is 11.5. The third kappa shape index (κ3) is 5.60. The lowest BCUT2D eigenvalue weighted by molar-refractivity contribution is -0.142. The Kier molecular flexibility index (Phi) is 7.13. The van der Waals surface area contributed by atoms with Crippen molar-refractivity contribution in [2.45, 2.75) is 44.8 Å². The molecular formula is C25H22F6N4O3. The lowest BCUT2D eigenvalue weighted by Gasteiger charge is -2.31. The standard InChI is InChI=1S/C25H22F6N4O3/c1-14(16-6-8-17(9-7-16)23(37)38)32-21(36)19-20(25(29,30)31)33-35-11-3-10-34(22(19)35)13-15-4-2-5-18(12-15)24(26,27)28/h2,4-9,12,14H,3,10-11,13H2,1H3,(H,32,36)(H,37,38)/t14-/m0/s1. The molecule has 1 amide bonds. The molecule has 0 bridgehead atoms. The van der Waals surface area contributed by atoms with Gasteiger partial charge < -0.3 is 15.3 Å². The summed E-state index contributed by atoms with van der Waals surface area (Å²) < 4.78 is 82.5. The summed E-state index contributed by atoms with van der Waals surface area (Å²) in [6.07, 6.45) is -9.18. The highest BCUT2D eigenvalue weighted by molar-refractivity contribution is 6.01. The first-order valence-corrected chi connectivity index (χ1v) is 11.5. The van der Waals surface area contributed by atoms with Crippen LogP contribution in [0.4, 0.5) is 32.2 Å². The minimum Gasteiger partial charge on any atom is -0.478 e. The molecule has 0 radical (unpaired) electrons. The zero-order chi connectivity index (χ0) is 27.8. The van der Waals surface area contributed by atoms with E-state index in [1.54, 1.807) is 0 Å². The number of aryl methyl sites for hydroxylation is 1. The Morgan fingerprint density at radius 2 is 1.71 bits per heavy atom. The summed E-state index contributed by atoms with van der Waals surface area (Å²) in [5.41, 5.74) is -2.34. The van der Waals surface area contributed by atoms with E-state index in [0.717, 1.165) is 16.8 Å². The number of aromatic carboxylic acids is 1. The fraction of sp³-hybridized carbons (Fsp3) is 0.320. The third-order valence-electron chi connectivity index (χ3n) is 6.15. The third-order valence-corrected chi connectivity index (χ3v) is 6.15. The van der Waals surface area contributed by atoms with Gasteiger partial charge in [-0.25, -0.2) is 9.48 Å². The van der Waals surface area contributed by atoms with Crippen molar-refractivity contribution < 1.29 is 41.0 Å². The highest BCUT2D eigenvalue weighted by Gasteiger charge is 2.43. The van der Waals surface area contributed by atoms with Gasteiger partial charge in [0.25, 0.3) is 5.91 Å². The molecule has 2 aromatic carbocycles. The number of alkyl halides is 6. The van der Waals surface area contributed by atoms with Gasteiger partial charge in [-0.2, -0.15) is 31.4 Å². The van der Waals surface area contributed by atoms with Crippen LogP contribution in [0.15, 0.2) is 48.5 Å². The monoisotopic (exact) mass is 540 g/mol. The van der Waals surface area contributed by atoms with Gasteiger partial charge in [-0.05, 0) is 48.7 Å². The van der Waals surface area contributed by atoms with E-state index in [0.29, 0.717) is 12.0 Å². The van der Waals surface area contributed by atoms with Gasteiger partial charge in [0.1, 0.15) is 11.4 Å². The fourth-order valence-electron chi connectivity index (χ4n) is 4.34. The summed E-state index contributed by atoms with van der Waals surface area (Å²) in [6.45, 7) is 1.65. The Morgan fingerprint density at radius 3 is 2.32 bits per heavy atom. The lowest BCUT2D eigenvalue weighted by Crippen LogP contribution is -2.35. The number of nitrogens with one attached hydrogen (secondary N) is 1. The number of hydrogen-bond acceptors (Lipinski definition) is 4. The van der Waals surface area contributed by atoms with Crippen molar-refractivity contribution in [2.24, 2.45) is 0 Å². The van der Waals surface area contributed by atoms with Gasteiger partial charge >= 0.3 is 18.3 Å². The summed E-state index contributed by atoms with van der Waals surface area (Å²) in [7, 11) is 0. The maximum atomic E-state index is 14.0. The molecule has 1 aromatic heterocycles. The predicted octanol–water partition coefficient (Wildman–Crippen LogP) is 5.52. The second-order valence-corrected chi connectivity index (χ2v) is 8.86. The number of carboxylic acids is 1. The number of amides is 1. The van der Waals surface area contributed by atoms with Gasteiger partial charge in [-0.1, -0.05) is 24.3 Å². The highest BCUT2D eigenvalue weighted by Crippen LogP contribution is 2.39. The summed E-state index contributed by atoms with van der Waals surface area (Å²) >= 11 is 0. The van der Waals surface area contributed by atoms with E-state index in [1.807, 2.05) is 0 Å². The van der Waals surface area contributed by atoms with Gasteiger partial charge in [0.15, 0.2) is 5.69 Å². The normalized spacial score (nSPS) is 14.7. The number of anilines is 1. The number of fused-ring (bicyclic) bond motifs is 1. The van der Waals surface area contributed by atoms with Crippen LogP contribution < -0.4 is 10.2 Å². The van der Waals surface area contributed by atoms with E-state index in [2.05, 4.69) is 10.4 Å². The van der Waals surface area contributed by atoms with Crippen LogP contribution in [0.2, 0.25) is 0 Å². The topological polar surface area (TPSA) is 87.5 Å². The molecule has 0 saturated carbocycles. The van der Waals surface area contributed by atoms with Gasteiger partial charge in [0, 0.05) is 19.6 Å². The molecule has 1 aliphatic rings. The molecule has 0 fully saturated rings. The Balaban J connectivity index is 1.68. The fourth-order valence-corrected chi connectivity index (χ4v) is 4.34. The molecule has 3 aromatic rings. The summed E-state index contributed by atoms with van der Waals surface area (Å²) in [5.74, 6) is -2.35. The molecule has 13 heteroatoms. The molecule has 0 aliphatic carbocycles. The quantitative estimate of drug-likeness (QED) is 0.402. The predicted molar refractivity (Wildman–Crippen MR) is 124 cm³/mol. The van der Waals surface area contributed by atoms with Crippen molar-refractivity contribution in [1.82, 2.24) is 15.1 Å². The second-order valence-electron chi connectivity index (χ2n) is 8.86. The van der Waals surface area contributed by atoms with E-state index in [9.17, 15) is 35.9 Å². The number of benzene rings is 2. The molecule has 38 heavy (non-hydrogen) atoms. The SMILES string of the molecule is C[C@H](NC(=O)c1c(C(F)(F)F)nn2c1N(Cc1cccc(C(F)(F)F)c1)CCC2)c1ccc(C(=O)O)cc1. The number of nitrogens with zero attached hydrogens (tertiary/aromatic N) is 3. The molecular weight excluding hydrogens is 518 g/mol. The van der Waals surface area contributed by atoms with Crippen LogP contribution in [0.3, 0.4) is 0 Å². The van der Waals surface area contributed by atoms with Gasteiger partial charge in [0.2, 0.25) is 0 Å². The summed E-state index contributed by atoms with van der Waals surface area (Å²) in [4.78, 5) is 25.7. The minimum absolute atomic E-state index is 0.00238. The van der Waals surface area contributed by atoms with Crippen molar-refractivity contribution in [3.63, 3.8) is 0 Å². The van der Waals surface area contributed by atoms with E-state index >= 15 is 0 Å². The number of carbonyl (C=O) groups excluding carboxylic acids is 1. The molecule has 0 saturated heterocycles. The molecule has 1 atom stereocenters. The summed E-state index contributed by atoms with van der Waals surface area (Å²) in [5, 5.41) is 15.2. The molecule has 0 unspecified atom stereocenters. The Bertz CT molecular complexity index is 1350. The smallest absolute Gasteiger partial charge is 0.436 e. The Hall–Kier alpha value is -4.03. The van der Waals surface area contributed by atoms with Crippen LogP contribution in [0.25, 0.3) is 0 Å². The number of hydrogen-bond donors (Lipinski definition) is 2. The first kappa shape index (κ1) is 27.0. The molecule has 2 N–H and O–H groups in total. The number of carboxylic acid groups (broad SMARTS) is 1. The van der Waals surface area contributed by atoms with E-state index in [-0.39, 0.29) is 36.6 Å². The van der Waals surface area contributed by atoms with E-state index < -0.39 is 47.1 Å². The molecule has 7 nitrogen and oxygen atoms in total. The van der Waals surface area contributed by atoms with Crippen LogP contribution in [-0.2, 0) is 25.4 Å². The van der Waals surface area contributed by atoms with Crippen molar-refractivity contribution in [2.75, 3.05) is 11.4 Å². The average Bonchev–Trinajstić information content (AvgIpc) is 3.25. The maximum absolute atomic E-state index is 14.0. The van der Waals surface area contributed by atoms with Crippen LogP contribution in [0.1, 0.15) is 62.5 Å². The van der Waals surface area contributed by atoms with Crippen molar-refractivity contribution in [3.05, 3.63) is 82.0 Å². The van der Waals surface area contributed by atoms with Gasteiger partial charge in [0.05, 0.1) is 17.2 Å². The van der Waals surface area contributed by atoms with Gasteiger partial charge in [-0.3, -0.25) is 4.79 Å². The average molecular weight is 540 g/mol. The largest absolute Gasteiger partial charge is 0.478 e. The zero-order valence-corrected chi connectivity index (χ0v) is 19.9. The summed E-state index contributed by atoms with van der Waals surface area (Å²) in [6, 6.07) is 9.16. The number of aromatic nitrogens is 2. The number of rotatable bonds is 6. The maximum Gasteiger partial charge on any atom is 0.436 e. The number of halogens is 6. The van der Waals surface area contributed by atoms with Crippen LogP contribution in [0.5, 0.6) is 0 Å². The molecule has 202 valence electrons. The molecule has 0 spiro atoms. The molecule has 4 rings (SSSR count). The van der Waals surface area contributed by atoms with Crippen molar-refractivity contribution in [3.8, 4) is 0 Å². The first-order chi connectivity index (χ1) is 17.8. The minimum atomic E-state index is -4.97. The zero-order valence-electron chi connectivity index (χ0n) is 19.9. The second kappa shape index (κ2) is 10.0. The van der Waals surface area contributed by atoms with Crippen molar-refractivity contribution in [1.29, 1.82) is 0 Å². The van der Waals surface area contributed by atoms with E-state index in [1.165, 1.54) is 48.2 Å². The van der Waals surface area contributed by atoms with Crippen LogP contribution in [-0.4, -0.2) is 33.3 Å². The number of carbonyl (C=O) groups is 2. The van der Waals surface area contributed by atoms with Gasteiger partial charge in [-0.15, -0.1) is 0 Å². The Labute approximate surface area is 212 Å². The Morgan fingerprint density at radius 1 is 1.03 bits per heavy atom. The molecule has 1 aliphatic heterocycles. The van der Waals surface area contributed by atoms with Crippen LogP contribution >= 0.6 is 0 Å². The molecule has 2 heterocycles. The van der Waals surface area contributed by atoms with Crippen LogP contribution in [0, 0.1) is 0 Å². The van der Waals surface area contributed by atoms with Crippen molar-refractivity contribution >= 4 is 17.7 Å².